The Morgan fingerprint density at radius 2 is 1.79 bits per heavy atom. The van der Waals surface area contributed by atoms with E-state index < -0.39 is 5.54 Å². The average molecular weight is 387 g/mol. The number of amides is 3. The molecule has 0 N–H and O–H groups in total. The molecule has 1 spiro atoms. The van der Waals surface area contributed by atoms with Crippen molar-refractivity contribution < 1.29 is 19.1 Å². The van der Waals surface area contributed by atoms with Crippen molar-refractivity contribution in [1.29, 1.82) is 0 Å². The summed E-state index contributed by atoms with van der Waals surface area (Å²) in [5.74, 6) is 0.763. The number of carbonyl (C=O) groups excluding carboxylic acids is 2. The van der Waals surface area contributed by atoms with Gasteiger partial charge in [-0.3, -0.25) is 14.6 Å². The van der Waals surface area contributed by atoms with Gasteiger partial charge in [0.05, 0.1) is 13.7 Å². The van der Waals surface area contributed by atoms with E-state index in [2.05, 4.69) is 17.1 Å². The van der Waals surface area contributed by atoms with E-state index in [1.807, 2.05) is 24.3 Å². The van der Waals surface area contributed by atoms with E-state index in [9.17, 15) is 9.59 Å². The van der Waals surface area contributed by atoms with Crippen LogP contribution in [0.5, 0.6) is 5.75 Å². The predicted octanol–water partition coefficient (Wildman–Crippen LogP) is 2.08. The molecule has 0 aliphatic carbocycles. The van der Waals surface area contributed by atoms with Crippen molar-refractivity contribution in [2.45, 2.75) is 18.4 Å². The molecule has 7 nitrogen and oxygen atoms in total. The number of rotatable bonds is 7. The SMILES string of the molecule is COCCN1C(=O)N(C)C(=O)C12CCN(C/C=C/c1ccc(OC)cc1)CC2. The summed E-state index contributed by atoms with van der Waals surface area (Å²) in [6, 6.07) is 7.71. The molecule has 3 rings (SSSR count). The fraction of sp³-hybridized carbons (Fsp3) is 0.524. The summed E-state index contributed by atoms with van der Waals surface area (Å²) in [4.78, 5) is 30.6. The van der Waals surface area contributed by atoms with Gasteiger partial charge in [-0.1, -0.05) is 24.3 Å². The van der Waals surface area contributed by atoms with Crippen molar-refractivity contribution >= 4 is 18.0 Å². The van der Waals surface area contributed by atoms with Crippen LogP contribution in [0.15, 0.2) is 30.3 Å². The molecule has 2 fully saturated rings. The van der Waals surface area contributed by atoms with E-state index in [4.69, 9.17) is 9.47 Å². The van der Waals surface area contributed by atoms with Crippen molar-refractivity contribution in [3.63, 3.8) is 0 Å². The fourth-order valence-corrected chi connectivity index (χ4v) is 4.01. The molecule has 0 bridgehead atoms. The Morgan fingerprint density at radius 3 is 2.39 bits per heavy atom. The van der Waals surface area contributed by atoms with Gasteiger partial charge in [0, 0.05) is 40.3 Å². The average Bonchev–Trinajstić information content (AvgIpc) is 2.89. The molecule has 28 heavy (non-hydrogen) atoms. The second-order valence-electron chi connectivity index (χ2n) is 7.30. The van der Waals surface area contributed by atoms with E-state index >= 15 is 0 Å². The monoisotopic (exact) mass is 387 g/mol. The second kappa shape index (κ2) is 8.75. The summed E-state index contributed by atoms with van der Waals surface area (Å²) in [6.45, 7) is 3.26. The standard InChI is InChI=1S/C21H29N3O4/c1-22-19(25)21(24(20(22)26)15-16-27-2)10-13-23(14-11-21)12-4-5-17-6-8-18(28-3)9-7-17/h4-9H,10-16H2,1-3H3/b5-4+. The zero-order valence-corrected chi connectivity index (χ0v) is 16.9. The number of benzene rings is 1. The zero-order valence-electron chi connectivity index (χ0n) is 16.9. The Bertz CT molecular complexity index is 724. The van der Waals surface area contributed by atoms with Gasteiger partial charge in [-0.25, -0.2) is 4.79 Å². The molecule has 0 aromatic heterocycles. The molecule has 1 aromatic rings. The lowest BCUT2D eigenvalue weighted by molar-refractivity contribution is -0.134. The van der Waals surface area contributed by atoms with Crippen LogP contribution in [0, 0.1) is 0 Å². The highest BCUT2D eigenvalue weighted by atomic mass is 16.5. The Morgan fingerprint density at radius 1 is 1.11 bits per heavy atom. The summed E-state index contributed by atoms with van der Waals surface area (Å²) >= 11 is 0. The topological polar surface area (TPSA) is 62.3 Å². The van der Waals surface area contributed by atoms with Crippen LogP contribution >= 0.6 is 0 Å². The third-order valence-electron chi connectivity index (χ3n) is 5.73. The summed E-state index contributed by atoms with van der Waals surface area (Å²) in [7, 11) is 4.84. The molecule has 0 atom stereocenters. The van der Waals surface area contributed by atoms with Crippen molar-refractivity contribution in [2.75, 3.05) is 54.1 Å². The Labute approximate surface area is 166 Å². The number of carbonyl (C=O) groups is 2. The van der Waals surface area contributed by atoms with Gasteiger partial charge >= 0.3 is 6.03 Å². The molecule has 0 unspecified atom stereocenters. The number of likely N-dealkylation sites (N-methyl/N-ethyl adjacent to an activating group) is 1. The largest absolute Gasteiger partial charge is 0.497 e. The van der Waals surface area contributed by atoms with Crippen molar-refractivity contribution in [3.05, 3.63) is 35.9 Å². The Balaban J connectivity index is 1.58. The van der Waals surface area contributed by atoms with Crippen LogP contribution < -0.4 is 4.74 Å². The molecule has 2 saturated heterocycles. The minimum absolute atomic E-state index is 0.0815. The van der Waals surface area contributed by atoms with Crippen LogP contribution in [0.2, 0.25) is 0 Å². The minimum Gasteiger partial charge on any atom is -0.497 e. The minimum atomic E-state index is -0.708. The molecule has 2 aliphatic rings. The number of urea groups is 1. The van der Waals surface area contributed by atoms with Gasteiger partial charge in [0.15, 0.2) is 0 Å². The fourth-order valence-electron chi connectivity index (χ4n) is 4.01. The first-order valence-corrected chi connectivity index (χ1v) is 9.63. The predicted molar refractivity (Wildman–Crippen MR) is 107 cm³/mol. The van der Waals surface area contributed by atoms with Crippen molar-refractivity contribution in [1.82, 2.24) is 14.7 Å². The van der Waals surface area contributed by atoms with E-state index in [1.54, 1.807) is 26.2 Å². The van der Waals surface area contributed by atoms with E-state index in [-0.39, 0.29) is 11.9 Å². The summed E-state index contributed by atoms with van der Waals surface area (Å²) in [5.41, 5.74) is 0.416. The summed E-state index contributed by atoms with van der Waals surface area (Å²) in [6.07, 6.45) is 5.53. The van der Waals surface area contributed by atoms with Gasteiger partial charge in [-0.15, -0.1) is 0 Å². The number of likely N-dealkylation sites (tertiary alicyclic amines) is 1. The van der Waals surface area contributed by atoms with Crippen molar-refractivity contribution in [2.24, 2.45) is 0 Å². The van der Waals surface area contributed by atoms with Gasteiger partial charge in [-0.05, 0) is 30.5 Å². The maximum atomic E-state index is 12.8. The van der Waals surface area contributed by atoms with Gasteiger partial charge in [0.2, 0.25) is 0 Å². The first-order chi connectivity index (χ1) is 13.5. The molecular weight excluding hydrogens is 358 g/mol. The van der Waals surface area contributed by atoms with Gasteiger partial charge < -0.3 is 14.4 Å². The number of nitrogens with zero attached hydrogens (tertiary/aromatic N) is 3. The van der Waals surface area contributed by atoms with Crippen LogP contribution in [0.25, 0.3) is 6.08 Å². The number of methoxy groups -OCH3 is 2. The Hall–Kier alpha value is -2.38. The van der Waals surface area contributed by atoms with E-state index in [0.29, 0.717) is 26.0 Å². The first-order valence-electron chi connectivity index (χ1n) is 9.63. The molecule has 0 saturated carbocycles. The number of hydrogen-bond donors (Lipinski definition) is 0. The van der Waals surface area contributed by atoms with Gasteiger partial charge in [0.1, 0.15) is 11.3 Å². The highest BCUT2D eigenvalue weighted by molar-refractivity contribution is 6.06. The van der Waals surface area contributed by atoms with Crippen LogP contribution in [0.4, 0.5) is 4.79 Å². The molecule has 7 heteroatoms. The quantitative estimate of drug-likeness (QED) is 0.671. The first kappa shape index (κ1) is 20.4. The second-order valence-corrected chi connectivity index (χ2v) is 7.30. The van der Waals surface area contributed by atoms with E-state index in [1.165, 1.54) is 4.90 Å². The van der Waals surface area contributed by atoms with Gasteiger partial charge in [0.25, 0.3) is 5.91 Å². The normalized spacial score (nSPS) is 20.0. The number of imide groups is 1. The maximum Gasteiger partial charge on any atom is 0.327 e. The summed E-state index contributed by atoms with van der Waals surface area (Å²) in [5, 5.41) is 0. The molecule has 152 valence electrons. The molecule has 2 aliphatic heterocycles. The third-order valence-corrected chi connectivity index (χ3v) is 5.73. The van der Waals surface area contributed by atoms with Crippen LogP contribution in [-0.4, -0.2) is 86.2 Å². The smallest absolute Gasteiger partial charge is 0.327 e. The molecule has 2 heterocycles. The summed E-state index contributed by atoms with van der Waals surface area (Å²) < 4.78 is 10.3. The van der Waals surface area contributed by atoms with Crippen LogP contribution in [-0.2, 0) is 9.53 Å². The molecule has 3 amide bonds. The lowest BCUT2D eigenvalue weighted by Crippen LogP contribution is -2.57. The maximum absolute atomic E-state index is 12.8. The lowest BCUT2D eigenvalue weighted by Gasteiger charge is -2.41. The van der Waals surface area contributed by atoms with E-state index in [0.717, 1.165) is 30.9 Å². The van der Waals surface area contributed by atoms with Crippen LogP contribution in [0.1, 0.15) is 18.4 Å². The highest BCUT2D eigenvalue weighted by Crippen LogP contribution is 2.36. The van der Waals surface area contributed by atoms with Gasteiger partial charge in [-0.2, -0.15) is 0 Å². The van der Waals surface area contributed by atoms with Crippen molar-refractivity contribution in [3.8, 4) is 5.75 Å². The third kappa shape index (κ3) is 3.91. The highest BCUT2D eigenvalue weighted by Gasteiger charge is 2.56. The Kier molecular flexibility index (Phi) is 6.36. The molecule has 0 radical (unpaired) electrons. The lowest BCUT2D eigenvalue weighted by atomic mass is 9.86. The molecular formula is C21H29N3O4. The molecule has 1 aromatic carbocycles. The zero-order chi connectivity index (χ0) is 20.1. The number of hydrogen-bond acceptors (Lipinski definition) is 5. The number of ether oxygens (including phenoxy) is 2. The number of piperidine rings is 1. The van der Waals surface area contributed by atoms with Crippen LogP contribution in [0.3, 0.4) is 0 Å².